The van der Waals surface area contributed by atoms with Gasteiger partial charge in [0.1, 0.15) is 0 Å². The fourth-order valence-corrected chi connectivity index (χ4v) is 3.37. The number of hydrogen-bond acceptors (Lipinski definition) is 2. The number of benzene rings is 2. The van der Waals surface area contributed by atoms with Gasteiger partial charge in [0, 0.05) is 0 Å². The maximum atomic E-state index is 12.5. The van der Waals surface area contributed by atoms with E-state index in [0.29, 0.717) is 12.1 Å². The predicted octanol–water partition coefficient (Wildman–Crippen LogP) is 3.99. The maximum absolute atomic E-state index is 12.5. The third-order valence-electron chi connectivity index (χ3n) is 2.55. The third kappa shape index (κ3) is 2.81. The smallest absolute Gasteiger partial charge is 0.218 e. The van der Waals surface area contributed by atoms with Crippen molar-refractivity contribution in [2.75, 3.05) is 0 Å². The summed E-state index contributed by atoms with van der Waals surface area (Å²) in [5.41, 5.74) is -0.997. The van der Waals surface area contributed by atoms with Crippen molar-refractivity contribution < 1.29 is 21.6 Å². The topological polar surface area (TPSA) is 34.1 Å². The van der Waals surface area contributed by atoms with E-state index in [1.165, 1.54) is 24.3 Å². The summed E-state index contributed by atoms with van der Waals surface area (Å²) < 4.78 is 62.0. The Labute approximate surface area is 118 Å². The Morgan fingerprint density at radius 3 is 2.15 bits per heavy atom. The van der Waals surface area contributed by atoms with Crippen molar-refractivity contribution in [2.45, 2.75) is 16.0 Å². The highest BCUT2D eigenvalue weighted by Crippen LogP contribution is 2.34. The molecule has 1 radical (unpaired) electrons. The lowest BCUT2D eigenvalue weighted by Crippen LogP contribution is -2.07. The van der Waals surface area contributed by atoms with E-state index in [4.69, 9.17) is 11.6 Å². The second kappa shape index (κ2) is 5.10. The molecule has 2 rings (SSSR count). The SMILES string of the molecule is O=S(=O)(c1cc[c]cc1)c1ccc(C(F)(F)F)cc1Cl. The molecule has 0 saturated carbocycles. The summed E-state index contributed by atoms with van der Waals surface area (Å²) in [5.74, 6) is 0. The summed E-state index contributed by atoms with van der Waals surface area (Å²) in [6.07, 6.45) is -4.58. The van der Waals surface area contributed by atoms with E-state index in [-0.39, 0.29) is 9.79 Å². The van der Waals surface area contributed by atoms with E-state index in [1.807, 2.05) is 0 Å². The summed E-state index contributed by atoms with van der Waals surface area (Å²) in [7, 11) is -3.95. The molecule has 2 aromatic rings. The molecule has 0 aliphatic heterocycles. The highest BCUT2D eigenvalue weighted by molar-refractivity contribution is 7.91. The van der Waals surface area contributed by atoms with Crippen LogP contribution in [0.3, 0.4) is 0 Å². The van der Waals surface area contributed by atoms with Crippen LogP contribution in [-0.2, 0) is 16.0 Å². The lowest BCUT2D eigenvalue weighted by Gasteiger charge is -2.10. The quantitative estimate of drug-likeness (QED) is 0.838. The van der Waals surface area contributed by atoms with Crippen LogP contribution in [0, 0.1) is 6.07 Å². The zero-order chi connectivity index (χ0) is 15.0. The molecule has 0 aliphatic rings. The van der Waals surface area contributed by atoms with Crippen LogP contribution in [0.2, 0.25) is 5.02 Å². The highest BCUT2D eigenvalue weighted by atomic mass is 35.5. The first-order chi connectivity index (χ1) is 9.23. The first-order valence-corrected chi connectivity index (χ1v) is 7.17. The van der Waals surface area contributed by atoms with Gasteiger partial charge in [-0.15, -0.1) is 0 Å². The second-order valence-electron chi connectivity index (χ2n) is 3.88. The molecule has 0 spiro atoms. The van der Waals surface area contributed by atoms with Gasteiger partial charge in [0.2, 0.25) is 9.84 Å². The Balaban J connectivity index is 2.55. The predicted molar refractivity (Wildman–Crippen MR) is 67.2 cm³/mol. The molecular formula is C13H7ClF3O2S. The van der Waals surface area contributed by atoms with Crippen LogP contribution in [0.5, 0.6) is 0 Å². The van der Waals surface area contributed by atoms with E-state index < -0.39 is 26.6 Å². The molecule has 0 fully saturated rings. The fourth-order valence-electron chi connectivity index (χ4n) is 1.57. The Kier molecular flexibility index (Phi) is 3.80. The van der Waals surface area contributed by atoms with Crippen LogP contribution in [0.15, 0.2) is 52.3 Å². The summed E-state index contributed by atoms with van der Waals surface area (Å²) >= 11 is 5.68. The van der Waals surface area contributed by atoms with Gasteiger partial charge in [0.15, 0.2) is 0 Å². The first kappa shape index (κ1) is 14.9. The summed E-state index contributed by atoms with van der Waals surface area (Å²) in [5, 5.41) is -0.465. The molecule has 2 aromatic carbocycles. The van der Waals surface area contributed by atoms with Crippen molar-refractivity contribution in [1.29, 1.82) is 0 Å². The lowest BCUT2D eigenvalue weighted by molar-refractivity contribution is -0.137. The molecule has 20 heavy (non-hydrogen) atoms. The van der Waals surface area contributed by atoms with Crippen LogP contribution in [0.1, 0.15) is 5.56 Å². The first-order valence-electron chi connectivity index (χ1n) is 5.31. The van der Waals surface area contributed by atoms with Gasteiger partial charge >= 0.3 is 6.18 Å². The van der Waals surface area contributed by atoms with Crippen molar-refractivity contribution in [2.24, 2.45) is 0 Å². The monoisotopic (exact) mass is 319 g/mol. The van der Waals surface area contributed by atoms with Crippen molar-refractivity contribution in [3.8, 4) is 0 Å². The van der Waals surface area contributed by atoms with Gasteiger partial charge in [-0.3, -0.25) is 0 Å². The van der Waals surface area contributed by atoms with Gasteiger partial charge < -0.3 is 0 Å². The van der Waals surface area contributed by atoms with E-state index in [0.717, 1.165) is 6.07 Å². The van der Waals surface area contributed by atoms with Gasteiger partial charge in [-0.05, 0) is 36.4 Å². The van der Waals surface area contributed by atoms with Gasteiger partial charge in [-0.2, -0.15) is 13.2 Å². The average Bonchev–Trinajstić information content (AvgIpc) is 2.38. The van der Waals surface area contributed by atoms with E-state index >= 15 is 0 Å². The molecule has 2 nitrogen and oxygen atoms in total. The molecule has 0 amide bonds. The van der Waals surface area contributed by atoms with Crippen LogP contribution in [0.25, 0.3) is 0 Å². The van der Waals surface area contributed by atoms with Crippen molar-refractivity contribution >= 4 is 21.4 Å². The lowest BCUT2D eigenvalue weighted by atomic mass is 10.2. The third-order valence-corrected chi connectivity index (χ3v) is 4.80. The van der Waals surface area contributed by atoms with E-state index in [1.54, 1.807) is 0 Å². The molecule has 0 aromatic heterocycles. The second-order valence-corrected chi connectivity index (χ2v) is 6.21. The molecule has 0 unspecified atom stereocenters. The zero-order valence-electron chi connectivity index (χ0n) is 9.78. The summed E-state index contributed by atoms with van der Waals surface area (Å²) in [6.45, 7) is 0. The van der Waals surface area contributed by atoms with Crippen LogP contribution in [0.4, 0.5) is 13.2 Å². The van der Waals surface area contributed by atoms with Crippen LogP contribution in [-0.4, -0.2) is 8.42 Å². The molecule has 0 aliphatic carbocycles. The molecule has 0 atom stereocenters. The molecule has 105 valence electrons. The van der Waals surface area contributed by atoms with Crippen molar-refractivity contribution in [1.82, 2.24) is 0 Å². The van der Waals surface area contributed by atoms with Crippen molar-refractivity contribution in [3.05, 3.63) is 59.1 Å². The van der Waals surface area contributed by atoms with Gasteiger partial charge in [0.05, 0.1) is 20.4 Å². The van der Waals surface area contributed by atoms with Gasteiger partial charge in [-0.25, -0.2) is 8.42 Å². The normalized spacial score (nSPS) is 12.4. The standard InChI is InChI=1S/C13H7ClF3O2S/c14-11-8-9(13(15,16)17)6-7-12(11)20(18,19)10-4-2-1-3-5-10/h2-8H. The maximum Gasteiger partial charge on any atom is 0.416 e. The minimum Gasteiger partial charge on any atom is -0.218 e. The molecule has 0 heterocycles. The van der Waals surface area contributed by atoms with Crippen LogP contribution >= 0.6 is 11.6 Å². The number of sulfone groups is 1. The molecule has 0 N–H and O–H groups in total. The van der Waals surface area contributed by atoms with Gasteiger partial charge in [-0.1, -0.05) is 23.7 Å². The Bertz CT molecular complexity index is 725. The number of rotatable bonds is 2. The summed E-state index contributed by atoms with van der Waals surface area (Å²) in [4.78, 5) is -0.420. The van der Waals surface area contributed by atoms with Crippen LogP contribution < -0.4 is 0 Å². The Morgan fingerprint density at radius 2 is 1.65 bits per heavy atom. The Hall–Kier alpha value is -1.53. The molecule has 0 bridgehead atoms. The number of hydrogen-bond donors (Lipinski definition) is 0. The zero-order valence-corrected chi connectivity index (χ0v) is 11.4. The number of halogens is 4. The van der Waals surface area contributed by atoms with Gasteiger partial charge in [0.25, 0.3) is 0 Å². The van der Waals surface area contributed by atoms with E-state index in [2.05, 4.69) is 6.07 Å². The highest BCUT2D eigenvalue weighted by Gasteiger charge is 2.32. The molecule has 7 heteroatoms. The molecular weight excluding hydrogens is 313 g/mol. The minimum atomic E-state index is -4.58. The Morgan fingerprint density at radius 1 is 1.05 bits per heavy atom. The van der Waals surface area contributed by atoms with Crippen molar-refractivity contribution in [3.63, 3.8) is 0 Å². The number of alkyl halides is 3. The minimum absolute atomic E-state index is 0.0575. The largest absolute Gasteiger partial charge is 0.416 e. The fraction of sp³-hybridized carbons (Fsp3) is 0.0769. The molecule has 0 saturated heterocycles. The summed E-state index contributed by atoms with van der Waals surface area (Å²) in [6, 6.07) is 10.2. The average molecular weight is 320 g/mol. The van der Waals surface area contributed by atoms with E-state index in [9.17, 15) is 21.6 Å².